The van der Waals surface area contributed by atoms with Crippen LogP contribution in [0.1, 0.15) is 17.5 Å². The summed E-state index contributed by atoms with van der Waals surface area (Å²) in [5, 5.41) is 10.4. The summed E-state index contributed by atoms with van der Waals surface area (Å²) in [6.45, 7) is 1.31. The van der Waals surface area contributed by atoms with E-state index in [0.29, 0.717) is 25.3 Å². The molecule has 1 aromatic rings. The maximum Gasteiger partial charge on any atom is 0.255 e. The van der Waals surface area contributed by atoms with Crippen LogP contribution < -0.4 is 0 Å². The number of halogens is 1. The van der Waals surface area contributed by atoms with Gasteiger partial charge in [0.25, 0.3) is 5.91 Å². The Morgan fingerprint density at radius 2 is 2.32 bits per heavy atom. The highest BCUT2D eigenvalue weighted by Crippen LogP contribution is 2.32. The predicted molar refractivity (Wildman–Crippen MR) is 80.2 cm³/mol. The zero-order valence-electron chi connectivity index (χ0n) is 10.6. The fraction of sp³-hybridized carbons (Fsp3) is 0.500. The summed E-state index contributed by atoms with van der Waals surface area (Å²) in [5.74, 6) is 1.31. The lowest BCUT2D eigenvalue weighted by atomic mass is 9.96. The van der Waals surface area contributed by atoms with Crippen LogP contribution in [0.3, 0.4) is 0 Å². The zero-order chi connectivity index (χ0) is 13.5. The molecule has 3 rings (SSSR count). The molecule has 1 fully saturated rings. The van der Waals surface area contributed by atoms with Crippen LogP contribution in [0.2, 0.25) is 0 Å². The van der Waals surface area contributed by atoms with Gasteiger partial charge in [-0.3, -0.25) is 4.79 Å². The van der Waals surface area contributed by atoms with Gasteiger partial charge in [0.2, 0.25) is 0 Å². The van der Waals surface area contributed by atoms with E-state index in [1.807, 2.05) is 12.1 Å². The van der Waals surface area contributed by atoms with Crippen LogP contribution in [0, 0.1) is 0 Å². The molecule has 19 heavy (non-hydrogen) atoms. The third-order valence-electron chi connectivity index (χ3n) is 3.89. The second-order valence-corrected chi connectivity index (χ2v) is 7.15. The Morgan fingerprint density at radius 3 is 3.05 bits per heavy atom. The van der Waals surface area contributed by atoms with Gasteiger partial charge in [0, 0.05) is 23.3 Å². The number of aliphatic hydroxyl groups is 1. The molecule has 0 aliphatic carbocycles. The van der Waals surface area contributed by atoms with Crippen molar-refractivity contribution in [3.63, 3.8) is 0 Å². The van der Waals surface area contributed by atoms with Gasteiger partial charge in [0.15, 0.2) is 5.60 Å². The summed E-state index contributed by atoms with van der Waals surface area (Å²) < 4.78 is 1.12. The molecule has 2 aliphatic heterocycles. The van der Waals surface area contributed by atoms with Crippen molar-refractivity contribution in [2.24, 2.45) is 0 Å². The number of benzene rings is 1. The van der Waals surface area contributed by atoms with Crippen LogP contribution in [0.25, 0.3) is 0 Å². The molecule has 1 atom stereocenters. The maximum atomic E-state index is 12.5. The first-order valence-electron chi connectivity index (χ1n) is 6.46. The number of amides is 1. The van der Waals surface area contributed by atoms with Crippen LogP contribution >= 0.6 is 27.7 Å². The van der Waals surface area contributed by atoms with Crippen molar-refractivity contribution in [3.05, 3.63) is 33.8 Å². The third kappa shape index (κ3) is 2.43. The van der Waals surface area contributed by atoms with E-state index in [2.05, 4.69) is 22.0 Å². The molecule has 0 saturated carbocycles. The highest BCUT2D eigenvalue weighted by Gasteiger charge is 2.42. The minimum atomic E-state index is -1.13. The van der Waals surface area contributed by atoms with Crippen molar-refractivity contribution in [1.82, 2.24) is 4.90 Å². The molecule has 1 aromatic carbocycles. The van der Waals surface area contributed by atoms with E-state index in [4.69, 9.17) is 0 Å². The molecule has 0 radical (unpaired) electrons. The van der Waals surface area contributed by atoms with Crippen molar-refractivity contribution < 1.29 is 9.90 Å². The maximum absolute atomic E-state index is 12.5. The van der Waals surface area contributed by atoms with Gasteiger partial charge in [-0.25, -0.2) is 0 Å². The van der Waals surface area contributed by atoms with Gasteiger partial charge in [0.05, 0.1) is 0 Å². The molecular weight excluding hydrogens is 326 g/mol. The standard InChI is InChI=1S/C14H16BrNO2S/c15-12-3-1-2-10-8-16(6-4-11(10)12)13(17)14(18)5-7-19-9-14/h1-3,18H,4-9H2. The largest absolute Gasteiger partial charge is 0.379 e. The Hall–Kier alpha value is -0.520. The Balaban J connectivity index is 1.80. The van der Waals surface area contributed by atoms with Crippen LogP contribution in [-0.2, 0) is 17.8 Å². The average molecular weight is 342 g/mol. The summed E-state index contributed by atoms with van der Waals surface area (Å²) in [5.41, 5.74) is 1.34. The van der Waals surface area contributed by atoms with E-state index in [9.17, 15) is 9.90 Å². The number of rotatable bonds is 1. The van der Waals surface area contributed by atoms with E-state index in [1.165, 1.54) is 11.1 Å². The monoisotopic (exact) mass is 341 g/mol. The minimum absolute atomic E-state index is 0.0943. The smallest absolute Gasteiger partial charge is 0.255 e. The van der Waals surface area contributed by atoms with Gasteiger partial charge >= 0.3 is 0 Å². The number of hydrogen-bond donors (Lipinski definition) is 1. The van der Waals surface area contributed by atoms with Crippen LogP contribution in [0.15, 0.2) is 22.7 Å². The second-order valence-electron chi connectivity index (χ2n) is 5.19. The summed E-state index contributed by atoms with van der Waals surface area (Å²) in [6.07, 6.45) is 1.43. The molecule has 3 nitrogen and oxygen atoms in total. The van der Waals surface area contributed by atoms with Crippen molar-refractivity contribution in [2.45, 2.75) is 25.0 Å². The van der Waals surface area contributed by atoms with E-state index in [-0.39, 0.29) is 5.91 Å². The van der Waals surface area contributed by atoms with Crippen LogP contribution in [0.4, 0.5) is 0 Å². The second kappa shape index (κ2) is 5.11. The highest BCUT2D eigenvalue weighted by atomic mass is 79.9. The molecule has 102 valence electrons. The number of fused-ring (bicyclic) bond motifs is 1. The van der Waals surface area contributed by atoms with E-state index >= 15 is 0 Å². The van der Waals surface area contributed by atoms with Crippen molar-refractivity contribution in [1.29, 1.82) is 0 Å². The summed E-state index contributed by atoms with van der Waals surface area (Å²) in [4.78, 5) is 14.3. The fourth-order valence-corrected chi connectivity index (χ4v) is 4.59. The van der Waals surface area contributed by atoms with Gasteiger partial charge in [-0.2, -0.15) is 11.8 Å². The molecule has 0 spiro atoms. The number of thioether (sulfide) groups is 1. The van der Waals surface area contributed by atoms with Crippen LogP contribution in [0.5, 0.6) is 0 Å². The third-order valence-corrected chi connectivity index (χ3v) is 5.81. The number of nitrogens with zero attached hydrogens (tertiary/aromatic N) is 1. The Labute approximate surface area is 125 Å². The Kier molecular flexibility index (Phi) is 3.62. The van der Waals surface area contributed by atoms with Gasteiger partial charge in [0.1, 0.15) is 0 Å². The van der Waals surface area contributed by atoms with Crippen molar-refractivity contribution >= 4 is 33.6 Å². The Morgan fingerprint density at radius 1 is 1.47 bits per heavy atom. The number of carbonyl (C=O) groups excluding carboxylic acids is 1. The quantitative estimate of drug-likeness (QED) is 0.851. The van der Waals surface area contributed by atoms with Crippen molar-refractivity contribution in [3.8, 4) is 0 Å². The van der Waals surface area contributed by atoms with E-state index in [0.717, 1.165) is 16.6 Å². The molecule has 2 aliphatic rings. The molecule has 0 bridgehead atoms. The normalized spacial score (nSPS) is 26.3. The molecular formula is C14H16BrNO2S. The van der Waals surface area contributed by atoms with Gasteiger partial charge in [-0.1, -0.05) is 28.1 Å². The topological polar surface area (TPSA) is 40.5 Å². The lowest BCUT2D eigenvalue weighted by molar-refractivity contribution is -0.149. The first kappa shape index (κ1) is 13.5. The number of carbonyl (C=O) groups is 1. The average Bonchev–Trinajstić information content (AvgIpc) is 2.86. The fourth-order valence-electron chi connectivity index (χ4n) is 2.75. The Bertz CT molecular complexity index is 514. The predicted octanol–water partition coefficient (Wildman–Crippen LogP) is 2.20. The minimum Gasteiger partial charge on any atom is -0.379 e. The first-order chi connectivity index (χ1) is 9.10. The molecule has 1 N–H and O–H groups in total. The molecule has 5 heteroatoms. The van der Waals surface area contributed by atoms with Gasteiger partial charge < -0.3 is 10.0 Å². The van der Waals surface area contributed by atoms with E-state index in [1.54, 1.807) is 16.7 Å². The lowest BCUT2D eigenvalue weighted by Gasteiger charge is -2.34. The molecule has 1 saturated heterocycles. The lowest BCUT2D eigenvalue weighted by Crippen LogP contribution is -2.50. The zero-order valence-corrected chi connectivity index (χ0v) is 13.0. The summed E-state index contributed by atoms with van der Waals surface area (Å²) >= 11 is 5.22. The first-order valence-corrected chi connectivity index (χ1v) is 8.41. The van der Waals surface area contributed by atoms with Crippen molar-refractivity contribution in [2.75, 3.05) is 18.1 Å². The number of hydrogen-bond acceptors (Lipinski definition) is 3. The summed E-state index contributed by atoms with van der Waals surface area (Å²) in [6, 6.07) is 6.10. The van der Waals surface area contributed by atoms with Crippen LogP contribution in [-0.4, -0.2) is 39.6 Å². The summed E-state index contributed by atoms with van der Waals surface area (Å²) in [7, 11) is 0. The molecule has 0 aromatic heterocycles. The van der Waals surface area contributed by atoms with Gasteiger partial charge in [-0.05, 0) is 35.8 Å². The van der Waals surface area contributed by atoms with E-state index < -0.39 is 5.60 Å². The molecule has 1 amide bonds. The SMILES string of the molecule is O=C(N1CCc2c(Br)cccc2C1)C1(O)CCSC1. The molecule has 2 heterocycles. The van der Waals surface area contributed by atoms with Gasteiger partial charge in [-0.15, -0.1) is 0 Å². The molecule has 1 unspecified atom stereocenters. The highest BCUT2D eigenvalue weighted by molar-refractivity contribution is 9.10.